The lowest BCUT2D eigenvalue weighted by atomic mass is 10.1. The molecular weight excluding hydrogens is 374 g/mol. The SMILES string of the molecule is CCc1c(C)sc(NC(=S)Nc2ccc(C)c([N+](=O)[O-])c2)c1C(=O)OC. The number of hydrogen-bond acceptors (Lipinski definition) is 6. The number of carbonyl (C=O) groups excluding carboxylic acids is 1. The first-order chi connectivity index (χ1) is 12.3. The highest BCUT2D eigenvalue weighted by Gasteiger charge is 2.22. The maximum atomic E-state index is 12.1. The van der Waals surface area contributed by atoms with Crippen LogP contribution < -0.4 is 10.6 Å². The Labute approximate surface area is 160 Å². The summed E-state index contributed by atoms with van der Waals surface area (Å²) in [6.07, 6.45) is 0.693. The van der Waals surface area contributed by atoms with Gasteiger partial charge in [-0.3, -0.25) is 10.1 Å². The van der Waals surface area contributed by atoms with Crippen molar-refractivity contribution >= 4 is 51.0 Å². The summed E-state index contributed by atoms with van der Waals surface area (Å²) in [7, 11) is 1.33. The standard InChI is InChI=1S/C17H19N3O4S2/c1-5-12-10(3)26-15(14(12)16(21)24-4)19-17(25)18-11-7-6-9(2)13(8-11)20(22)23/h6-8H,5H2,1-4H3,(H2,18,19,25). The Morgan fingerprint density at radius 1 is 1.35 bits per heavy atom. The molecule has 7 nitrogen and oxygen atoms in total. The summed E-state index contributed by atoms with van der Waals surface area (Å²) in [4.78, 5) is 23.7. The van der Waals surface area contributed by atoms with Crippen LogP contribution in [0.3, 0.4) is 0 Å². The van der Waals surface area contributed by atoms with Gasteiger partial charge < -0.3 is 15.4 Å². The van der Waals surface area contributed by atoms with Gasteiger partial charge in [-0.05, 0) is 44.1 Å². The predicted molar refractivity (Wildman–Crippen MR) is 107 cm³/mol. The minimum Gasteiger partial charge on any atom is -0.465 e. The van der Waals surface area contributed by atoms with Crippen molar-refractivity contribution in [3.05, 3.63) is 49.9 Å². The second-order valence-corrected chi connectivity index (χ2v) is 7.16. The van der Waals surface area contributed by atoms with Gasteiger partial charge >= 0.3 is 5.97 Å². The number of carbonyl (C=O) groups is 1. The third-order valence-corrected chi connectivity index (χ3v) is 5.11. The van der Waals surface area contributed by atoms with E-state index in [-0.39, 0.29) is 10.8 Å². The Morgan fingerprint density at radius 3 is 2.62 bits per heavy atom. The Morgan fingerprint density at radius 2 is 2.04 bits per heavy atom. The van der Waals surface area contributed by atoms with Crippen molar-refractivity contribution in [2.75, 3.05) is 17.7 Å². The van der Waals surface area contributed by atoms with Crippen LogP contribution in [0.4, 0.5) is 16.4 Å². The van der Waals surface area contributed by atoms with E-state index < -0.39 is 10.9 Å². The summed E-state index contributed by atoms with van der Waals surface area (Å²) < 4.78 is 4.88. The van der Waals surface area contributed by atoms with Crippen LogP contribution in [-0.4, -0.2) is 23.1 Å². The number of thiocarbonyl (C=S) groups is 1. The molecule has 0 atom stereocenters. The third-order valence-electron chi connectivity index (χ3n) is 3.84. The van der Waals surface area contributed by atoms with Gasteiger partial charge in [-0.2, -0.15) is 0 Å². The van der Waals surface area contributed by atoms with Crippen molar-refractivity contribution in [2.24, 2.45) is 0 Å². The summed E-state index contributed by atoms with van der Waals surface area (Å²) in [6.45, 7) is 5.57. The van der Waals surface area contributed by atoms with E-state index in [4.69, 9.17) is 17.0 Å². The van der Waals surface area contributed by atoms with Crippen molar-refractivity contribution in [1.82, 2.24) is 0 Å². The van der Waals surface area contributed by atoms with E-state index in [1.165, 1.54) is 24.5 Å². The normalized spacial score (nSPS) is 10.3. The second kappa shape index (κ2) is 8.24. The highest BCUT2D eigenvalue weighted by molar-refractivity contribution is 7.80. The third kappa shape index (κ3) is 4.17. The molecule has 26 heavy (non-hydrogen) atoms. The van der Waals surface area contributed by atoms with Crippen LogP contribution in [0.1, 0.15) is 33.3 Å². The van der Waals surface area contributed by atoms with Crippen LogP contribution in [0.15, 0.2) is 18.2 Å². The molecule has 0 radical (unpaired) electrons. The van der Waals surface area contributed by atoms with Crippen molar-refractivity contribution < 1.29 is 14.5 Å². The number of esters is 1. The molecule has 0 aliphatic rings. The van der Waals surface area contributed by atoms with Gasteiger partial charge in [0, 0.05) is 22.2 Å². The van der Waals surface area contributed by atoms with Gasteiger partial charge in [0.25, 0.3) is 5.69 Å². The number of hydrogen-bond donors (Lipinski definition) is 2. The molecule has 1 heterocycles. The number of benzene rings is 1. The molecule has 0 aliphatic carbocycles. The first kappa shape index (κ1) is 19.8. The molecule has 0 saturated heterocycles. The maximum Gasteiger partial charge on any atom is 0.341 e. The number of nitrogens with zero attached hydrogens (tertiary/aromatic N) is 1. The Balaban J connectivity index is 2.25. The zero-order valence-corrected chi connectivity index (χ0v) is 16.5. The molecule has 0 amide bonds. The van der Waals surface area contributed by atoms with Crippen molar-refractivity contribution in [2.45, 2.75) is 27.2 Å². The average molecular weight is 393 g/mol. The average Bonchev–Trinajstić information content (AvgIpc) is 2.90. The van der Waals surface area contributed by atoms with Crippen LogP contribution in [0, 0.1) is 24.0 Å². The number of aryl methyl sites for hydroxylation is 2. The number of anilines is 2. The molecular formula is C17H19N3O4S2. The molecule has 2 aromatic rings. The zero-order chi connectivity index (χ0) is 19.4. The maximum absolute atomic E-state index is 12.1. The first-order valence-electron chi connectivity index (χ1n) is 7.82. The molecule has 2 rings (SSSR count). The number of methoxy groups -OCH3 is 1. The molecule has 0 aliphatic heterocycles. The second-order valence-electron chi connectivity index (χ2n) is 5.52. The number of nitrogens with one attached hydrogen (secondary N) is 2. The molecule has 0 unspecified atom stereocenters. The fourth-order valence-corrected chi connectivity index (χ4v) is 3.98. The monoisotopic (exact) mass is 393 g/mol. The van der Waals surface area contributed by atoms with Crippen molar-refractivity contribution in [1.29, 1.82) is 0 Å². The molecule has 1 aromatic carbocycles. The molecule has 9 heteroatoms. The van der Waals surface area contributed by atoms with E-state index in [0.717, 1.165) is 10.4 Å². The number of ether oxygens (including phenoxy) is 1. The van der Waals surface area contributed by atoms with Crippen LogP contribution in [0.5, 0.6) is 0 Å². The van der Waals surface area contributed by atoms with Crippen LogP contribution in [-0.2, 0) is 11.2 Å². The number of nitro groups is 1. The molecule has 138 valence electrons. The number of nitro benzene ring substituents is 1. The summed E-state index contributed by atoms with van der Waals surface area (Å²) in [5, 5.41) is 17.8. The lowest BCUT2D eigenvalue weighted by Gasteiger charge is -2.11. The summed E-state index contributed by atoms with van der Waals surface area (Å²) in [6, 6.07) is 4.77. The van der Waals surface area contributed by atoms with Gasteiger partial charge in [-0.25, -0.2) is 4.79 Å². The van der Waals surface area contributed by atoms with E-state index in [2.05, 4.69) is 10.6 Å². The van der Waals surface area contributed by atoms with E-state index in [1.54, 1.807) is 19.1 Å². The Kier molecular flexibility index (Phi) is 6.27. The fraction of sp³-hybridized carbons (Fsp3) is 0.294. The summed E-state index contributed by atoms with van der Waals surface area (Å²) in [5.41, 5.74) is 2.44. The van der Waals surface area contributed by atoms with Crippen LogP contribution >= 0.6 is 23.6 Å². The van der Waals surface area contributed by atoms with E-state index >= 15 is 0 Å². The Bertz CT molecular complexity index is 877. The summed E-state index contributed by atoms with van der Waals surface area (Å²) in [5.74, 6) is -0.428. The topological polar surface area (TPSA) is 93.5 Å². The zero-order valence-electron chi connectivity index (χ0n) is 14.8. The van der Waals surface area contributed by atoms with Crippen molar-refractivity contribution in [3.8, 4) is 0 Å². The van der Waals surface area contributed by atoms with Gasteiger partial charge in [0.05, 0.1) is 17.6 Å². The predicted octanol–water partition coefficient (Wildman–Crippen LogP) is 4.43. The molecule has 1 aromatic heterocycles. The number of rotatable bonds is 5. The molecule has 0 saturated carbocycles. The largest absolute Gasteiger partial charge is 0.465 e. The van der Waals surface area contributed by atoms with Crippen LogP contribution in [0.25, 0.3) is 0 Å². The molecule has 0 bridgehead atoms. The molecule has 0 spiro atoms. The van der Waals surface area contributed by atoms with E-state index in [1.807, 2.05) is 13.8 Å². The smallest absolute Gasteiger partial charge is 0.341 e. The molecule has 2 N–H and O–H groups in total. The number of thiophene rings is 1. The lowest BCUT2D eigenvalue weighted by Crippen LogP contribution is -2.20. The van der Waals surface area contributed by atoms with E-state index in [9.17, 15) is 14.9 Å². The first-order valence-corrected chi connectivity index (χ1v) is 9.04. The lowest BCUT2D eigenvalue weighted by molar-refractivity contribution is -0.385. The van der Waals surface area contributed by atoms with E-state index in [0.29, 0.717) is 28.2 Å². The van der Waals surface area contributed by atoms with Crippen LogP contribution in [0.2, 0.25) is 0 Å². The fourth-order valence-electron chi connectivity index (χ4n) is 2.56. The highest BCUT2D eigenvalue weighted by atomic mass is 32.1. The van der Waals surface area contributed by atoms with Gasteiger partial charge in [0.2, 0.25) is 0 Å². The summed E-state index contributed by atoms with van der Waals surface area (Å²) >= 11 is 6.70. The van der Waals surface area contributed by atoms with Gasteiger partial charge in [-0.15, -0.1) is 11.3 Å². The molecule has 0 fully saturated rings. The minimum absolute atomic E-state index is 0.00767. The van der Waals surface area contributed by atoms with Gasteiger partial charge in [0.1, 0.15) is 5.00 Å². The quantitative estimate of drug-likeness (QED) is 0.336. The highest BCUT2D eigenvalue weighted by Crippen LogP contribution is 2.34. The van der Waals surface area contributed by atoms with Gasteiger partial charge in [-0.1, -0.05) is 13.0 Å². The minimum atomic E-state index is -0.442. The van der Waals surface area contributed by atoms with Gasteiger partial charge in [0.15, 0.2) is 5.11 Å². The van der Waals surface area contributed by atoms with Crippen molar-refractivity contribution in [3.63, 3.8) is 0 Å². The Hall–Kier alpha value is -2.52.